The lowest BCUT2D eigenvalue weighted by molar-refractivity contribution is -0.137. The number of alkyl halides is 3. The molecule has 0 aliphatic carbocycles. The molecule has 0 saturated heterocycles. The van der Waals surface area contributed by atoms with Crippen molar-refractivity contribution in [3.8, 4) is 0 Å². The van der Waals surface area contributed by atoms with Gasteiger partial charge in [-0.1, -0.05) is 48.5 Å². The number of halogens is 3. The molecule has 2 N–H and O–H groups in total. The Morgan fingerprint density at radius 2 is 1.71 bits per heavy atom. The Kier molecular flexibility index (Phi) is 7.12. The Balaban J connectivity index is 1.76. The van der Waals surface area contributed by atoms with Crippen molar-refractivity contribution in [3.05, 3.63) is 93.7 Å². The smallest absolute Gasteiger partial charge is 0.348 e. The van der Waals surface area contributed by atoms with Gasteiger partial charge in [0, 0.05) is 6.42 Å². The highest BCUT2D eigenvalue weighted by atomic mass is 32.1. The van der Waals surface area contributed by atoms with Gasteiger partial charge in [-0.05, 0) is 41.6 Å². The van der Waals surface area contributed by atoms with Gasteiger partial charge in [0.15, 0.2) is 0 Å². The predicted molar refractivity (Wildman–Crippen MR) is 114 cm³/mol. The van der Waals surface area contributed by atoms with Crippen LogP contribution in [0.3, 0.4) is 0 Å². The first kappa shape index (κ1) is 22.6. The molecule has 0 aliphatic heterocycles. The van der Waals surface area contributed by atoms with Crippen LogP contribution in [0.1, 0.15) is 39.3 Å². The molecule has 8 heteroatoms. The molecule has 31 heavy (non-hydrogen) atoms. The molecular formula is C23H21F3N2O2S. The van der Waals surface area contributed by atoms with Crippen molar-refractivity contribution in [2.24, 2.45) is 0 Å². The van der Waals surface area contributed by atoms with Gasteiger partial charge >= 0.3 is 6.18 Å². The summed E-state index contributed by atoms with van der Waals surface area (Å²) in [6.45, 7) is 1.61. The fourth-order valence-electron chi connectivity index (χ4n) is 3.08. The van der Waals surface area contributed by atoms with Gasteiger partial charge in [0.2, 0.25) is 5.91 Å². The molecule has 3 aromatic rings. The summed E-state index contributed by atoms with van der Waals surface area (Å²) in [5.41, 5.74) is 0.394. The fourth-order valence-corrected chi connectivity index (χ4v) is 3.70. The van der Waals surface area contributed by atoms with Crippen molar-refractivity contribution < 1.29 is 22.8 Å². The minimum Gasteiger partial charge on any atom is -0.348 e. The number of benzene rings is 2. The van der Waals surface area contributed by atoms with E-state index >= 15 is 0 Å². The van der Waals surface area contributed by atoms with E-state index in [2.05, 4.69) is 10.6 Å². The highest BCUT2D eigenvalue weighted by Gasteiger charge is 2.31. The van der Waals surface area contributed by atoms with Crippen molar-refractivity contribution in [3.63, 3.8) is 0 Å². The zero-order valence-corrected chi connectivity index (χ0v) is 17.5. The van der Waals surface area contributed by atoms with Crippen LogP contribution in [0.15, 0.2) is 72.1 Å². The molecule has 1 unspecified atom stereocenters. The first-order valence-electron chi connectivity index (χ1n) is 9.60. The Bertz CT molecular complexity index is 1020. The third kappa shape index (κ3) is 6.18. The van der Waals surface area contributed by atoms with Crippen LogP contribution in [0, 0.1) is 0 Å². The lowest BCUT2D eigenvalue weighted by atomic mass is 10.0. The van der Waals surface area contributed by atoms with E-state index in [4.69, 9.17) is 0 Å². The normalized spacial score (nSPS) is 13.3. The summed E-state index contributed by atoms with van der Waals surface area (Å²) < 4.78 is 39.0. The van der Waals surface area contributed by atoms with E-state index in [-0.39, 0.29) is 12.3 Å². The number of amides is 2. The van der Waals surface area contributed by atoms with E-state index in [1.54, 1.807) is 24.4 Å². The fraction of sp³-hybridized carbons (Fsp3) is 0.217. The van der Waals surface area contributed by atoms with Gasteiger partial charge in [0.1, 0.15) is 6.04 Å². The largest absolute Gasteiger partial charge is 0.416 e. The second kappa shape index (κ2) is 9.78. The Morgan fingerprint density at radius 1 is 0.968 bits per heavy atom. The lowest BCUT2D eigenvalue weighted by Gasteiger charge is -2.22. The molecule has 1 aromatic heterocycles. The average Bonchev–Trinajstić information content (AvgIpc) is 3.28. The molecule has 3 rings (SSSR count). The molecule has 0 radical (unpaired) electrons. The lowest BCUT2D eigenvalue weighted by Crippen LogP contribution is -2.48. The maximum absolute atomic E-state index is 13.0. The highest BCUT2D eigenvalue weighted by molar-refractivity contribution is 7.12. The molecule has 162 valence electrons. The molecule has 4 nitrogen and oxygen atoms in total. The van der Waals surface area contributed by atoms with Crippen molar-refractivity contribution >= 4 is 23.2 Å². The van der Waals surface area contributed by atoms with Gasteiger partial charge in [0.05, 0.1) is 16.5 Å². The van der Waals surface area contributed by atoms with Crippen LogP contribution in [-0.4, -0.2) is 17.9 Å². The van der Waals surface area contributed by atoms with E-state index in [1.807, 2.05) is 30.3 Å². The molecule has 0 spiro atoms. The Hall–Kier alpha value is -3.13. The number of hydrogen-bond donors (Lipinski definition) is 2. The number of hydrogen-bond acceptors (Lipinski definition) is 3. The number of rotatable bonds is 7. The number of carbonyl (C=O) groups is 2. The van der Waals surface area contributed by atoms with Crippen LogP contribution in [0.2, 0.25) is 0 Å². The zero-order chi connectivity index (χ0) is 22.4. The van der Waals surface area contributed by atoms with Crippen molar-refractivity contribution in [2.75, 3.05) is 0 Å². The number of carbonyl (C=O) groups excluding carboxylic acids is 2. The molecule has 2 amide bonds. The van der Waals surface area contributed by atoms with Crippen molar-refractivity contribution in [2.45, 2.75) is 31.6 Å². The van der Waals surface area contributed by atoms with Gasteiger partial charge in [-0.3, -0.25) is 9.59 Å². The monoisotopic (exact) mass is 446 g/mol. The van der Waals surface area contributed by atoms with E-state index in [1.165, 1.54) is 23.5 Å². The summed E-state index contributed by atoms with van der Waals surface area (Å²) >= 11 is 1.26. The van der Waals surface area contributed by atoms with E-state index in [0.29, 0.717) is 10.4 Å². The minimum absolute atomic E-state index is 0.249. The molecule has 2 atom stereocenters. The first-order chi connectivity index (χ1) is 14.7. The molecule has 0 aliphatic rings. The summed E-state index contributed by atoms with van der Waals surface area (Å²) in [4.78, 5) is 26.0. The van der Waals surface area contributed by atoms with Gasteiger partial charge in [-0.25, -0.2) is 0 Å². The third-order valence-corrected chi connectivity index (χ3v) is 5.59. The SMILES string of the molecule is CC(NC(=O)[C@H](Cc1ccccc1)NC(=O)c1cccs1)c1cccc(C(F)(F)F)c1. The average molecular weight is 446 g/mol. The summed E-state index contributed by atoms with van der Waals surface area (Å²) in [5, 5.41) is 7.23. The van der Waals surface area contributed by atoms with Crippen LogP contribution < -0.4 is 10.6 Å². The third-order valence-electron chi connectivity index (χ3n) is 4.72. The zero-order valence-electron chi connectivity index (χ0n) is 16.6. The standard InChI is InChI=1S/C23H21F3N2O2S/c1-15(17-9-5-10-18(14-17)23(24,25)26)27-21(29)19(13-16-7-3-2-4-8-16)28-22(30)20-11-6-12-31-20/h2-12,14-15,19H,13H2,1H3,(H,27,29)(H,28,30)/t15?,19-/m0/s1. The topological polar surface area (TPSA) is 58.2 Å². The van der Waals surface area contributed by atoms with Crippen LogP contribution in [0.4, 0.5) is 13.2 Å². The minimum atomic E-state index is -4.47. The van der Waals surface area contributed by atoms with Gasteiger partial charge in [-0.15, -0.1) is 11.3 Å². The summed E-state index contributed by atoms with van der Waals surface area (Å²) in [6, 6.07) is 15.9. The Morgan fingerprint density at radius 3 is 2.35 bits per heavy atom. The molecule has 0 fully saturated rings. The number of thiophene rings is 1. The molecule has 0 bridgehead atoms. The molecular weight excluding hydrogens is 425 g/mol. The van der Waals surface area contributed by atoms with Crippen molar-refractivity contribution in [1.82, 2.24) is 10.6 Å². The van der Waals surface area contributed by atoms with Gasteiger partial charge in [0.25, 0.3) is 5.91 Å². The van der Waals surface area contributed by atoms with Gasteiger partial charge in [-0.2, -0.15) is 13.2 Å². The molecule has 0 saturated carbocycles. The van der Waals surface area contributed by atoms with Crippen molar-refractivity contribution in [1.29, 1.82) is 0 Å². The molecule has 1 heterocycles. The second-order valence-electron chi connectivity index (χ2n) is 7.05. The van der Waals surface area contributed by atoms with Crippen LogP contribution in [0.25, 0.3) is 0 Å². The quantitative estimate of drug-likeness (QED) is 0.538. The summed E-state index contributed by atoms with van der Waals surface area (Å²) in [6.07, 6.45) is -4.22. The maximum atomic E-state index is 13.0. The molecule has 2 aromatic carbocycles. The van der Waals surface area contributed by atoms with E-state index in [9.17, 15) is 22.8 Å². The van der Waals surface area contributed by atoms with Crippen LogP contribution in [0.5, 0.6) is 0 Å². The first-order valence-corrected chi connectivity index (χ1v) is 10.5. The number of nitrogens with one attached hydrogen (secondary N) is 2. The van der Waals surface area contributed by atoms with Crippen LogP contribution >= 0.6 is 11.3 Å². The maximum Gasteiger partial charge on any atom is 0.416 e. The van der Waals surface area contributed by atoms with E-state index in [0.717, 1.165) is 17.7 Å². The van der Waals surface area contributed by atoms with Crippen LogP contribution in [-0.2, 0) is 17.4 Å². The van der Waals surface area contributed by atoms with E-state index < -0.39 is 29.7 Å². The summed E-state index contributed by atoms with van der Waals surface area (Å²) in [5.74, 6) is -0.850. The highest BCUT2D eigenvalue weighted by Crippen LogP contribution is 2.30. The van der Waals surface area contributed by atoms with Gasteiger partial charge < -0.3 is 10.6 Å². The Labute approximate surface area is 182 Å². The predicted octanol–water partition coefficient (Wildman–Crippen LogP) is 4.99. The second-order valence-corrected chi connectivity index (χ2v) is 7.99. The summed E-state index contributed by atoms with van der Waals surface area (Å²) in [7, 11) is 0.